The summed E-state index contributed by atoms with van der Waals surface area (Å²) in [5, 5.41) is 0. The van der Waals surface area contributed by atoms with E-state index in [2.05, 4.69) is 6.92 Å². The van der Waals surface area contributed by atoms with Crippen LogP contribution in [0.15, 0.2) is 0 Å². The third kappa shape index (κ3) is 2.96. The summed E-state index contributed by atoms with van der Waals surface area (Å²) in [4.78, 5) is 0. The summed E-state index contributed by atoms with van der Waals surface area (Å²) < 4.78 is 5.68. The van der Waals surface area contributed by atoms with Crippen molar-refractivity contribution in [3.63, 3.8) is 0 Å². The topological polar surface area (TPSA) is 33.0 Å². The van der Waals surface area contributed by atoms with E-state index in [4.69, 9.17) is 10.5 Å². The molecule has 14 heavy (non-hydrogen) atoms. The van der Waals surface area contributed by atoms with Crippen molar-refractivity contribution < 1.29 is 4.74 Å². The Morgan fingerprint density at radius 2 is 1.93 bits per heavy atom. The van der Waals surface area contributed by atoms with Gasteiger partial charge in [-0.15, -0.1) is 0 Å². The van der Waals surface area contributed by atoms with Gasteiger partial charge >= 0.3 is 0 Å². The number of nitrogens with one attached hydrogen (secondary N) is 1. The van der Waals surface area contributed by atoms with E-state index >= 15 is 0 Å². The van der Waals surface area contributed by atoms with Crippen molar-refractivity contribution in [1.82, 2.24) is 5.73 Å². The monoisotopic (exact) mass is 198 g/mol. The van der Waals surface area contributed by atoms with Gasteiger partial charge in [0.05, 0.1) is 0 Å². The van der Waals surface area contributed by atoms with E-state index in [0.29, 0.717) is 12.5 Å². The molecule has 1 saturated carbocycles. The van der Waals surface area contributed by atoms with E-state index in [1.165, 1.54) is 32.1 Å². The number of hydrogen-bond acceptors (Lipinski definition) is 1. The molecule has 0 aromatic heterocycles. The SMILES string of the molecule is CCCCC([NH])(OCC)C1CCCC1. The number of unbranched alkanes of at least 4 members (excludes halogenated alkanes) is 1. The number of ether oxygens (including phenoxy) is 1. The second kappa shape index (κ2) is 5.72. The molecule has 1 fully saturated rings. The number of rotatable bonds is 6. The zero-order valence-corrected chi connectivity index (χ0v) is 9.64. The van der Waals surface area contributed by atoms with Crippen LogP contribution in [0.1, 0.15) is 58.8 Å². The average molecular weight is 198 g/mol. The van der Waals surface area contributed by atoms with Crippen molar-refractivity contribution in [2.45, 2.75) is 64.5 Å². The highest BCUT2D eigenvalue weighted by Gasteiger charge is 2.37. The summed E-state index contributed by atoms with van der Waals surface area (Å²) in [7, 11) is 0. The minimum atomic E-state index is -0.568. The van der Waals surface area contributed by atoms with Gasteiger partial charge in [-0.05, 0) is 32.6 Å². The van der Waals surface area contributed by atoms with Gasteiger partial charge in [-0.25, -0.2) is 5.73 Å². The Morgan fingerprint density at radius 3 is 2.43 bits per heavy atom. The summed E-state index contributed by atoms with van der Waals surface area (Å²) in [5.74, 6) is 0.494. The molecule has 0 bridgehead atoms. The van der Waals surface area contributed by atoms with Gasteiger partial charge in [0.25, 0.3) is 0 Å². The molecule has 2 nitrogen and oxygen atoms in total. The molecule has 0 amide bonds. The van der Waals surface area contributed by atoms with Crippen LogP contribution in [-0.2, 0) is 4.74 Å². The zero-order valence-electron chi connectivity index (χ0n) is 9.64. The van der Waals surface area contributed by atoms with Crippen LogP contribution in [0.2, 0.25) is 0 Å². The van der Waals surface area contributed by atoms with Crippen molar-refractivity contribution >= 4 is 0 Å². The minimum absolute atomic E-state index is 0.494. The van der Waals surface area contributed by atoms with Gasteiger partial charge < -0.3 is 4.74 Å². The summed E-state index contributed by atoms with van der Waals surface area (Å²) in [6.45, 7) is 4.87. The van der Waals surface area contributed by atoms with E-state index in [-0.39, 0.29) is 0 Å². The lowest BCUT2D eigenvalue weighted by Crippen LogP contribution is -2.41. The minimum Gasteiger partial charge on any atom is -0.359 e. The second-order valence-corrected chi connectivity index (χ2v) is 4.41. The molecule has 1 aliphatic rings. The summed E-state index contributed by atoms with van der Waals surface area (Å²) >= 11 is 0. The van der Waals surface area contributed by atoms with Crippen molar-refractivity contribution in [2.75, 3.05) is 6.61 Å². The molecule has 0 heterocycles. The average Bonchev–Trinajstić information content (AvgIpc) is 2.68. The first-order valence-corrected chi connectivity index (χ1v) is 6.12. The first-order valence-electron chi connectivity index (χ1n) is 6.12. The molecule has 0 aromatic carbocycles. The van der Waals surface area contributed by atoms with Crippen LogP contribution < -0.4 is 5.73 Å². The predicted molar refractivity (Wildman–Crippen MR) is 58.9 cm³/mol. The molecule has 1 unspecified atom stereocenters. The van der Waals surface area contributed by atoms with Crippen molar-refractivity contribution in [1.29, 1.82) is 0 Å². The van der Waals surface area contributed by atoms with Crippen molar-refractivity contribution in [3.8, 4) is 0 Å². The normalized spacial score (nSPS) is 22.5. The third-order valence-electron chi connectivity index (χ3n) is 3.32. The maximum absolute atomic E-state index is 8.40. The molecule has 0 saturated heterocycles. The summed E-state index contributed by atoms with van der Waals surface area (Å²) in [6.07, 6.45) is 8.21. The second-order valence-electron chi connectivity index (χ2n) is 4.41. The number of hydrogen-bond donors (Lipinski definition) is 0. The largest absolute Gasteiger partial charge is 0.359 e. The summed E-state index contributed by atoms with van der Waals surface area (Å²) in [6, 6.07) is 0. The van der Waals surface area contributed by atoms with E-state index in [0.717, 1.165) is 12.8 Å². The predicted octanol–water partition coefficient (Wildman–Crippen LogP) is 3.38. The summed E-state index contributed by atoms with van der Waals surface area (Å²) in [5.41, 5.74) is 7.83. The Balaban J connectivity index is 2.49. The Bertz CT molecular complexity index is 154. The Hall–Kier alpha value is -0.0800. The molecule has 0 aliphatic heterocycles. The molecule has 2 heteroatoms. The third-order valence-corrected chi connectivity index (χ3v) is 3.32. The van der Waals surface area contributed by atoms with Gasteiger partial charge in [-0.2, -0.15) is 0 Å². The van der Waals surface area contributed by atoms with Crippen LogP contribution in [0.25, 0.3) is 0 Å². The van der Waals surface area contributed by atoms with Crippen LogP contribution in [-0.4, -0.2) is 12.3 Å². The lowest BCUT2D eigenvalue weighted by Gasteiger charge is -2.34. The Morgan fingerprint density at radius 1 is 1.29 bits per heavy atom. The highest BCUT2D eigenvalue weighted by Crippen LogP contribution is 2.37. The molecular weight excluding hydrogens is 174 g/mol. The van der Waals surface area contributed by atoms with Crippen LogP contribution in [0.5, 0.6) is 0 Å². The fraction of sp³-hybridized carbons (Fsp3) is 1.00. The first kappa shape index (κ1) is 12.0. The molecule has 1 atom stereocenters. The molecule has 1 aliphatic carbocycles. The molecule has 1 rings (SSSR count). The van der Waals surface area contributed by atoms with Crippen LogP contribution in [0, 0.1) is 5.92 Å². The van der Waals surface area contributed by atoms with E-state index in [1.54, 1.807) is 0 Å². The standard InChI is InChI=1S/C12H24NO/c1-3-5-10-12(13,14-4-2)11-8-6-7-9-11/h11,13H,3-10H2,1-2H3. The molecule has 1 N–H and O–H groups in total. The van der Waals surface area contributed by atoms with Gasteiger partial charge in [-0.3, -0.25) is 0 Å². The lowest BCUT2D eigenvalue weighted by atomic mass is 9.90. The van der Waals surface area contributed by atoms with Crippen molar-refractivity contribution in [2.24, 2.45) is 5.92 Å². The zero-order chi connectivity index (χ0) is 10.4. The highest BCUT2D eigenvalue weighted by atomic mass is 16.5. The highest BCUT2D eigenvalue weighted by molar-refractivity contribution is 4.85. The van der Waals surface area contributed by atoms with Gasteiger partial charge in [-0.1, -0.05) is 26.2 Å². The molecule has 0 spiro atoms. The smallest absolute Gasteiger partial charge is 0.134 e. The maximum atomic E-state index is 8.40. The fourth-order valence-corrected chi connectivity index (χ4v) is 2.48. The van der Waals surface area contributed by atoms with Gasteiger partial charge in [0.2, 0.25) is 0 Å². The maximum Gasteiger partial charge on any atom is 0.134 e. The van der Waals surface area contributed by atoms with E-state index in [9.17, 15) is 0 Å². The molecular formula is C12H24NO. The van der Waals surface area contributed by atoms with Crippen molar-refractivity contribution in [3.05, 3.63) is 0 Å². The molecule has 83 valence electrons. The van der Waals surface area contributed by atoms with Gasteiger partial charge in [0.15, 0.2) is 0 Å². The van der Waals surface area contributed by atoms with E-state index < -0.39 is 5.72 Å². The quantitative estimate of drug-likeness (QED) is 0.644. The lowest BCUT2D eigenvalue weighted by molar-refractivity contribution is -0.0897. The van der Waals surface area contributed by atoms with Crippen LogP contribution in [0.3, 0.4) is 0 Å². The molecule has 0 aromatic rings. The van der Waals surface area contributed by atoms with Crippen LogP contribution >= 0.6 is 0 Å². The first-order chi connectivity index (χ1) is 6.73. The van der Waals surface area contributed by atoms with Gasteiger partial charge in [0, 0.05) is 12.5 Å². The fourth-order valence-electron chi connectivity index (χ4n) is 2.48. The Kier molecular flexibility index (Phi) is 4.90. The Labute approximate surface area is 88.2 Å². The van der Waals surface area contributed by atoms with Crippen LogP contribution in [0.4, 0.5) is 0 Å². The van der Waals surface area contributed by atoms with E-state index in [1.807, 2.05) is 6.92 Å². The molecule has 1 radical (unpaired) electrons. The van der Waals surface area contributed by atoms with Gasteiger partial charge in [0.1, 0.15) is 5.72 Å².